The first-order valence-corrected chi connectivity index (χ1v) is 15.7. The SMILES string of the molecule is Cc1cccc(F)c1N1CCC(N2Cc3cn(CC4CCN4C(=O)OC(C)C)nc3N(Cc3ccccc3C(F)(F)F)C2=O)CC1. The molecule has 0 aliphatic carbocycles. The van der Waals surface area contributed by atoms with Gasteiger partial charge in [0.25, 0.3) is 0 Å². The maximum absolute atomic E-state index is 14.7. The van der Waals surface area contributed by atoms with Crippen molar-refractivity contribution in [1.29, 1.82) is 0 Å². The van der Waals surface area contributed by atoms with Crippen LogP contribution in [0.5, 0.6) is 0 Å². The number of amides is 3. The molecule has 1 unspecified atom stereocenters. The van der Waals surface area contributed by atoms with Crippen LogP contribution in [0.4, 0.5) is 38.7 Å². The summed E-state index contributed by atoms with van der Waals surface area (Å²) in [7, 11) is 0. The molecule has 2 fully saturated rings. The summed E-state index contributed by atoms with van der Waals surface area (Å²) < 4.78 is 63.6. The minimum atomic E-state index is -4.59. The van der Waals surface area contributed by atoms with E-state index in [0.29, 0.717) is 56.1 Å². The quantitative estimate of drug-likeness (QED) is 0.273. The van der Waals surface area contributed by atoms with Crippen molar-refractivity contribution in [3.05, 3.63) is 76.7 Å². The lowest BCUT2D eigenvalue weighted by molar-refractivity contribution is -0.138. The first kappa shape index (κ1) is 31.7. The van der Waals surface area contributed by atoms with Crippen LogP contribution in [0.15, 0.2) is 48.7 Å². The second-order valence-corrected chi connectivity index (χ2v) is 12.5. The van der Waals surface area contributed by atoms with Crippen molar-refractivity contribution in [2.24, 2.45) is 0 Å². The Hall–Kier alpha value is -4.29. The molecule has 246 valence electrons. The number of piperidine rings is 1. The van der Waals surface area contributed by atoms with Crippen molar-refractivity contribution < 1.29 is 31.9 Å². The van der Waals surface area contributed by atoms with Crippen LogP contribution in [0.1, 0.15) is 55.4 Å². The van der Waals surface area contributed by atoms with Gasteiger partial charge in [0.05, 0.1) is 43.0 Å². The average Bonchev–Trinajstić information content (AvgIpc) is 3.39. The van der Waals surface area contributed by atoms with Gasteiger partial charge < -0.3 is 19.4 Å². The number of rotatable bonds is 7. The number of carbonyl (C=O) groups excluding carboxylic acids is 2. The molecule has 3 aromatic rings. The van der Waals surface area contributed by atoms with Crippen molar-refractivity contribution in [3.63, 3.8) is 0 Å². The monoisotopic (exact) mass is 642 g/mol. The van der Waals surface area contributed by atoms with Crippen LogP contribution in [0.25, 0.3) is 0 Å². The van der Waals surface area contributed by atoms with E-state index in [1.165, 1.54) is 29.2 Å². The molecule has 0 saturated carbocycles. The van der Waals surface area contributed by atoms with Crippen LogP contribution in [0.2, 0.25) is 0 Å². The van der Waals surface area contributed by atoms with E-state index < -0.39 is 23.9 Å². The number of nitrogens with zero attached hydrogens (tertiary/aromatic N) is 6. The Bertz CT molecular complexity index is 1580. The summed E-state index contributed by atoms with van der Waals surface area (Å²) >= 11 is 0. The zero-order valence-corrected chi connectivity index (χ0v) is 26.1. The largest absolute Gasteiger partial charge is 0.447 e. The number of anilines is 2. The third-order valence-corrected chi connectivity index (χ3v) is 9.06. The van der Waals surface area contributed by atoms with Gasteiger partial charge >= 0.3 is 18.3 Å². The fraction of sp³-hybridized carbons (Fsp3) is 0.485. The highest BCUT2D eigenvalue weighted by molar-refractivity contribution is 5.94. The number of carbonyl (C=O) groups is 2. The fourth-order valence-electron chi connectivity index (χ4n) is 6.70. The van der Waals surface area contributed by atoms with E-state index in [9.17, 15) is 27.2 Å². The number of hydrogen-bond donors (Lipinski definition) is 0. The second-order valence-electron chi connectivity index (χ2n) is 12.5. The molecule has 9 nitrogen and oxygen atoms in total. The summed E-state index contributed by atoms with van der Waals surface area (Å²) in [6.07, 6.45) is -1.51. The lowest BCUT2D eigenvalue weighted by Crippen LogP contribution is -2.54. The first-order valence-electron chi connectivity index (χ1n) is 15.7. The molecule has 1 atom stereocenters. The molecule has 2 saturated heterocycles. The molecular formula is C33H38F4N6O3. The molecule has 0 N–H and O–H groups in total. The summed E-state index contributed by atoms with van der Waals surface area (Å²) in [5.41, 5.74) is 1.27. The van der Waals surface area contributed by atoms with E-state index in [-0.39, 0.29) is 42.7 Å². The van der Waals surface area contributed by atoms with Crippen LogP contribution in [0.3, 0.4) is 0 Å². The second kappa shape index (κ2) is 12.5. The highest BCUT2D eigenvalue weighted by Gasteiger charge is 2.41. The number of hydrogen-bond acceptors (Lipinski definition) is 5. The van der Waals surface area contributed by atoms with Crippen molar-refractivity contribution in [2.75, 3.05) is 29.4 Å². The standard InChI is InChI=1S/C33H38F4N6O3/c1-21(2)46-32(45)41-16-13-26(41)20-40-17-24-19-42(25-11-14-39(15-12-25)29-22(3)7-6-10-28(29)34)31(44)43(30(24)38-40)18-23-8-4-5-9-27(23)33(35,36)37/h4-10,17,21,25-26H,11-16,18-20H2,1-3H3. The van der Waals surface area contributed by atoms with Gasteiger partial charge in [-0.2, -0.15) is 18.3 Å². The Morgan fingerprint density at radius 3 is 2.43 bits per heavy atom. The molecule has 0 radical (unpaired) electrons. The number of likely N-dealkylation sites (tertiary alicyclic amines) is 1. The minimum Gasteiger partial charge on any atom is -0.447 e. The molecular weight excluding hydrogens is 604 g/mol. The van der Waals surface area contributed by atoms with E-state index in [1.807, 2.05) is 24.1 Å². The van der Waals surface area contributed by atoms with Gasteiger partial charge in [-0.05, 0) is 63.3 Å². The third kappa shape index (κ3) is 6.23. The number of aromatic nitrogens is 2. The van der Waals surface area contributed by atoms with Crippen molar-refractivity contribution in [1.82, 2.24) is 19.6 Å². The number of ether oxygens (including phenoxy) is 1. The molecule has 4 heterocycles. The number of alkyl halides is 3. The first-order chi connectivity index (χ1) is 21.9. The van der Waals surface area contributed by atoms with Gasteiger partial charge in [-0.1, -0.05) is 30.3 Å². The minimum absolute atomic E-state index is 0.0304. The summed E-state index contributed by atoms with van der Waals surface area (Å²) in [6, 6.07) is 9.48. The number of fused-ring (bicyclic) bond motifs is 1. The summed E-state index contributed by atoms with van der Waals surface area (Å²) in [6.45, 7) is 7.37. The van der Waals surface area contributed by atoms with Crippen molar-refractivity contribution >= 4 is 23.6 Å². The maximum atomic E-state index is 14.7. The molecule has 46 heavy (non-hydrogen) atoms. The van der Waals surface area contributed by atoms with Crippen LogP contribution in [-0.4, -0.2) is 69.5 Å². The zero-order chi connectivity index (χ0) is 32.7. The number of benzene rings is 2. The lowest BCUT2D eigenvalue weighted by atomic mass is 10.00. The van der Waals surface area contributed by atoms with Gasteiger partial charge in [0.1, 0.15) is 5.82 Å². The van der Waals surface area contributed by atoms with Crippen LogP contribution >= 0.6 is 0 Å². The molecule has 0 spiro atoms. The predicted molar refractivity (Wildman–Crippen MR) is 164 cm³/mol. The van der Waals surface area contributed by atoms with E-state index in [0.717, 1.165) is 18.1 Å². The van der Waals surface area contributed by atoms with E-state index in [4.69, 9.17) is 4.74 Å². The van der Waals surface area contributed by atoms with Gasteiger partial charge in [-0.3, -0.25) is 9.58 Å². The van der Waals surface area contributed by atoms with Crippen molar-refractivity contribution in [3.8, 4) is 0 Å². The fourth-order valence-corrected chi connectivity index (χ4v) is 6.70. The molecule has 3 aliphatic heterocycles. The number of halogens is 4. The van der Waals surface area contributed by atoms with Crippen LogP contribution in [0, 0.1) is 12.7 Å². The molecule has 6 rings (SSSR count). The highest BCUT2D eigenvalue weighted by Crippen LogP contribution is 2.37. The molecule has 3 aliphatic rings. The van der Waals surface area contributed by atoms with Gasteiger partial charge in [0.2, 0.25) is 0 Å². The van der Waals surface area contributed by atoms with Crippen molar-refractivity contribution in [2.45, 2.75) is 84.0 Å². The van der Waals surface area contributed by atoms with Gasteiger partial charge in [-0.25, -0.2) is 14.0 Å². The van der Waals surface area contributed by atoms with Gasteiger partial charge in [0.15, 0.2) is 5.82 Å². The number of aryl methyl sites for hydroxylation is 1. The lowest BCUT2D eigenvalue weighted by Gasteiger charge is -2.43. The highest BCUT2D eigenvalue weighted by atomic mass is 19.4. The average molecular weight is 643 g/mol. The molecule has 1 aromatic heterocycles. The maximum Gasteiger partial charge on any atom is 0.416 e. The Labute approximate surface area is 265 Å². The van der Waals surface area contributed by atoms with Gasteiger partial charge in [0, 0.05) is 37.4 Å². The van der Waals surface area contributed by atoms with E-state index in [2.05, 4.69) is 5.10 Å². The topological polar surface area (TPSA) is 74.2 Å². The normalized spacial score (nSPS) is 19.0. The molecule has 0 bridgehead atoms. The smallest absolute Gasteiger partial charge is 0.416 e. The predicted octanol–water partition coefficient (Wildman–Crippen LogP) is 6.58. The summed E-state index contributed by atoms with van der Waals surface area (Å²) in [5, 5.41) is 4.68. The Balaban J connectivity index is 1.26. The number of para-hydroxylation sites is 1. The van der Waals surface area contributed by atoms with Crippen LogP contribution in [-0.2, 0) is 30.5 Å². The Kier molecular flexibility index (Phi) is 8.60. The molecule has 3 amide bonds. The third-order valence-electron chi connectivity index (χ3n) is 9.06. The summed E-state index contributed by atoms with van der Waals surface area (Å²) in [5.74, 6) is 0.0230. The van der Waals surface area contributed by atoms with Crippen LogP contribution < -0.4 is 9.80 Å². The molecule has 13 heteroatoms. The Morgan fingerprint density at radius 1 is 1.04 bits per heavy atom. The van der Waals surface area contributed by atoms with Gasteiger partial charge in [-0.15, -0.1) is 0 Å². The Morgan fingerprint density at radius 2 is 1.78 bits per heavy atom. The molecule has 2 aromatic carbocycles. The van der Waals surface area contributed by atoms with E-state index >= 15 is 0 Å². The number of urea groups is 1. The van der Waals surface area contributed by atoms with E-state index in [1.54, 1.807) is 34.4 Å². The summed E-state index contributed by atoms with van der Waals surface area (Å²) in [4.78, 5) is 33.3. The zero-order valence-electron chi connectivity index (χ0n) is 26.1.